The van der Waals surface area contributed by atoms with Gasteiger partial charge in [-0.2, -0.15) is 8.78 Å². The summed E-state index contributed by atoms with van der Waals surface area (Å²) in [5.74, 6) is -5.33. The Kier molecular flexibility index (Phi) is 3.78. The highest BCUT2D eigenvalue weighted by molar-refractivity contribution is 9.10. The lowest BCUT2D eigenvalue weighted by atomic mass is 9.75. The van der Waals surface area contributed by atoms with Gasteiger partial charge in [0, 0.05) is 4.47 Å². The van der Waals surface area contributed by atoms with Gasteiger partial charge in [-0.3, -0.25) is 15.6 Å². The number of benzene rings is 1. The maximum Gasteiger partial charge on any atom is 0.354 e. The van der Waals surface area contributed by atoms with Crippen molar-refractivity contribution in [3.05, 3.63) is 28.7 Å². The van der Waals surface area contributed by atoms with E-state index in [1.165, 1.54) is 0 Å². The molecule has 104 valence electrons. The van der Waals surface area contributed by atoms with Crippen LogP contribution in [0.5, 0.6) is 0 Å². The summed E-state index contributed by atoms with van der Waals surface area (Å²) >= 11 is 3.22. The van der Waals surface area contributed by atoms with E-state index in [2.05, 4.69) is 21.4 Å². The van der Waals surface area contributed by atoms with Crippen LogP contribution in [0.2, 0.25) is 0 Å². The molecule has 1 aliphatic carbocycles. The number of carbonyl (C=O) groups excluding carboxylic acids is 1. The first kappa shape index (κ1) is 14.2. The Hall–Kier alpha value is -1.21. The van der Waals surface area contributed by atoms with Crippen LogP contribution in [0.1, 0.15) is 19.3 Å². The van der Waals surface area contributed by atoms with Gasteiger partial charge in [-0.15, -0.1) is 0 Å². The molecule has 1 aromatic rings. The van der Waals surface area contributed by atoms with Crippen molar-refractivity contribution in [2.75, 3.05) is 5.43 Å². The maximum atomic E-state index is 13.7. The van der Waals surface area contributed by atoms with E-state index in [4.69, 9.17) is 0 Å². The molecule has 3 N–H and O–H groups in total. The van der Waals surface area contributed by atoms with Gasteiger partial charge in [-0.25, -0.2) is 0 Å². The normalized spacial score (nSPS) is 17.5. The minimum atomic E-state index is -3.80. The molecule has 1 fully saturated rings. The van der Waals surface area contributed by atoms with Crippen LogP contribution in [0.15, 0.2) is 28.7 Å². The van der Waals surface area contributed by atoms with E-state index in [0.29, 0.717) is 12.1 Å². The average molecular weight is 335 g/mol. The number of anilines is 1. The number of alkyl halides is 2. The quantitative estimate of drug-likeness (QED) is 0.741. The van der Waals surface area contributed by atoms with E-state index in [9.17, 15) is 18.7 Å². The summed E-state index contributed by atoms with van der Waals surface area (Å²) in [5.41, 5.74) is 2.56. The summed E-state index contributed by atoms with van der Waals surface area (Å²) in [5, 5.41) is 9.60. The fourth-order valence-corrected chi connectivity index (χ4v) is 2.21. The minimum Gasteiger partial charge on any atom is -0.383 e. The Morgan fingerprint density at radius 3 is 2.63 bits per heavy atom. The van der Waals surface area contributed by atoms with Crippen LogP contribution in [0.4, 0.5) is 14.5 Å². The molecule has 1 aliphatic rings. The zero-order chi connectivity index (χ0) is 14.1. The third-order valence-corrected chi connectivity index (χ3v) is 3.69. The number of hydrazine groups is 1. The largest absolute Gasteiger partial charge is 0.383 e. The molecule has 0 aromatic heterocycles. The smallest absolute Gasteiger partial charge is 0.354 e. The number of amides is 1. The predicted octanol–water partition coefficient (Wildman–Crippen LogP) is 2.44. The summed E-state index contributed by atoms with van der Waals surface area (Å²) in [6, 6.07) is 6.69. The van der Waals surface area contributed by atoms with Crippen molar-refractivity contribution >= 4 is 27.5 Å². The van der Waals surface area contributed by atoms with Crippen molar-refractivity contribution in [3.63, 3.8) is 0 Å². The molecule has 7 heteroatoms. The van der Waals surface area contributed by atoms with Crippen LogP contribution in [0.3, 0.4) is 0 Å². The third kappa shape index (κ3) is 2.71. The SMILES string of the molecule is O=C(NNc1cccc(Br)c1)C(F)(F)C1(O)CCC1. The minimum absolute atomic E-state index is 0.0652. The van der Waals surface area contributed by atoms with Gasteiger partial charge in [0.1, 0.15) is 5.60 Å². The zero-order valence-electron chi connectivity index (χ0n) is 9.92. The Morgan fingerprint density at radius 2 is 2.11 bits per heavy atom. The van der Waals surface area contributed by atoms with Gasteiger partial charge in [0.15, 0.2) is 0 Å². The summed E-state index contributed by atoms with van der Waals surface area (Å²) in [4.78, 5) is 11.5. The summed E-state index contributed by atoms with van der Waals surface area (Å²) in [7, 11) is 0. The molecule has 0 heterocycles. The number of carbonyl (C=O) groups is 1. The Labute approximate surface area is 117 Å². The predicted molar refractivity (Wildman–Crippen MR) is 69.7 cm³/mol. The third-order valence-electron chi connectivity index (χ3n) is 3.20. The first-order valence-electron chi connectivity index (χ1n) is 5.77. The van der Waals surface area contributed by atoms with Crippen molar-refractivity contribution in [2.45, 2.75) is 30.8 Å². The molecule has 0 atom stereocenters. The van der Waals surface area contributed by atoms with E-state index in [1.807, 2.05) is 5.43 Å². The molecule has 0 radical (unpaired) electrons. The van der Waals surface area contributed by atoms with Gasteiger partial charge in [0.25, 0.3) is 0 Å². The average Bonchev–Trinajstić information content (AvgIpc) is 2.32. The number of rotatable bonds is 4. The van der Waals surface area contributed by atoms with Crippen molar-refractivity contribution in [1.29, 1.82) is 0 Å². The molecule has 2 rings (SSSR count). The second kappa shape index (κ2) is 5.05. The van der Waals surface area contributed by atoms with Gasteiger partial charge < -0.3 is 5.11 Å². The standard InChI is InChI=1S/C12H13BrF2N2O2/c13-8-3-1-4-9(7-8)16-17-10(18)12(14,15)11(19)5-2-6-11/h1,3-4,7,16,19H,2,5-6H2,(H,17,18). The fourth-order valence-electron chi connectivity index (χ4n) is 1.81. The van der Waals surface area contributed by atoms with Gasteiger partial charge >= 0.3 is 11.8 Å². The van der Waals surface area contributed by atoms with E-state index in [-0.39, 0.29) is 12.8 Å². The van der Waals surface area contributed by atoms with Crippen molar-refractivity contribution in [3.8, 4) is 0 Å². The molecule has 19 heavy (non-hydrogen) atoms. The Balaban J connectivity index is 1.98. The van der Waals surface area contributed by atoms with Gasteiger partial charge in [0.2, 0.25) is 0 Å². The summed E-state index contributed by atoms with van der Waals surface area (Å²) in [6.07, 6.45) is 0.368. The molecule has 0 bridgehead atoms. The highest BCUT2D eigenvalue weighted by atomic mass is 79.9. The molecule has 4 nitrogen and oxygen atoms in total. The molecular weight excluding hydrogens is 322 g/mol. The van der Waals surface area contributed by atoms with Crippen molar-refractivity contribution in [2.24, 2.45) is 0 Å². The monoisotopic (exact) mass is 334 g/mol. The second-order valence-electron chi connectivity index (χ2n) is 4.55. The van der Waals surface area contributed by atoms with Crippen LogP contribution in [0.25, 0.3) is 0 Å². The molecule has 0 aliphatic heterocycles. The lowest BCUT2D eigenvalue weighted by Gasteiger charge is -2.41. The highest BCUT2D eigenvalue weighted by Gasteiger charge is 2.61. The molecule has 0 unspecified atom stereocenters. The van der Waals surface area contributed by atoms with Crippen LogP contribution >= 0.6 is 15.9 Å². The van der Waals surface area contributed by atoms with Crippen LogP contribution < -0.4 is 10.9 Å². The fraction of sp³-hybridized carbons (Fsp3) is 0.417. The first-order chi connectivity index (χ1) is 8.85. The highest BCUT2D eigenvalue weighted by Crippen LogP contribution is 2.44. The topological polar surface area (TPSA) is 61.4 Å². The van der Waals surface area contributed by atoms with E-state index < -0.39 is 17.4 Å². The molecule has 0 spiro atoms. The van der Waals surface area contributed by atoms with E-state index >= 15 is 0 Å². The first-order valence-corrected chi connectivity index (χ1v) is 6.57. The lowest BCUT2D eigenvalue weighted by Crippen LogP contribution is -2.61. The number of aliphatic hydroxyl groups is 1. The molecule has 1 amide bonds. The van der Waals surface area contributed by atoms with Crippen molar-refractivity contribution < 1.29 is 18.7 Å². The van der Waals surface area contributed by atoms with Gasteiger partial charge in [-0.05, 0) is 37.5 Å². The number of halogens is 3. The Morgan fingerprint density at radius 1 is 1.42 bits per heavy atom. The number of hydrogen-bond donors (Lipinski definition) is 3. The number of hydrogen-bond acceptors (Lipinski definition) is 3. The molecule has 1 aromatic carbocycles. The molecule has 1 saturated carbocycles. The van der Waals surface area contributed by atoms with Crippen LogP contribution in [-0.2, 0) is 4.79 Å². The van der Waals surface area contributed by atoms with Crippen LogP contribution in [0, 0.1) is 0 Å². The lowest BCUT2D eigenvalue weighted by molar-refractivity contribution is -0.215. The van der Waals surface area contributed by atoms with E-state index in [0.717, 1.165) is 4.47 Å². The van der Waals surface area contributed by atoms with Crippen LogP contribution in [-0.4, -0.2) is 22.5 Å². The van der Waals surface area contributed by atoms with Gasteiger partial charge in [-0.1, -0.05) is 22.0 Å². The van der Waals surface area contributed by atoms with E-state index in [1.54, 1.807) is 24.3 Å². The number of nitrogens with one attached hydrogen (secondary N) is 2. The van der Waals surface area contributed by atoms with Gasteiger partial charge in [0.05, 0.1) is 5.69 Å². The molecule has 0 saturated heterocycles. The second-order valence-corrected chi connectivity index (χ2v) is 5.46. The zero-order valence-corrected chi connectivity index (χ0v) is 11.5. The van der Waals surface area contributed by atoms with Crippen molar-refractivity contribution in [1.82, 2.24) is 5.43 Å². The summed E-state index contributed by atoms with van der Waals surface area (Å²) in [6.45, 7) is 0. The summed E-state index contributed by atoms with van der Waals surface area (Å²) < 4.78 is 28.2. The Bertz CT molecular complexity index is 492. The molecular formula is C12H13BrF2N2O2. The maximum absolute atomic E-state index is 13.7.